The van der Waals surface area contributed by atoms with Gasteiger partial charge in [0, 0.05) is 67.2 Å². The monoisotopic (exact) mass is 553 g/mol. The smallest absolute Gasteiger partial charge is 0.230 e. The van der Waals surface area contributed by atoms with E-state index in [1.165, 1.54) is 44.1 Å². The molecule has 0 N–H and O–H groups in total. The Morgan fingerprint density at radius 2 is 1.60 bits per heavy atom. The highest BCUT2D eigenvalue weighted by Crippen LogP contribution is 2.55. The summed E-state index contributed by atoms with van der Waals surface area (Å²) in [4.78, 5) is 2.17. The van der Waals surface area contributed by atoms with E-state index in [1.807, 2.05) is 6.07 Å². The molecule has 2 aliphatic rings. The van der Waals surface area contributed by atoms with Gasteiger partial charge in [0.05, 0.1) is 21.9 Å². The molecule has 208 valence electrons. The molecule has 0 fully saturated rings. The summed E-state index contributed by atoms with van der Waals surface area (Å²) in [6.45, 7) is 9.00. The van der Waals surface area contributed by atoms with Crippen molar-refractivity contribution in [2.75, 3.05) is 19.0 Å². The van der Waals surface area contributed by atoms with E-state index in [4.69, 9.17) is 0 Å². The topological polar surface area (TPSA) is 11.2 Å². The zero-order valence-corrected chi connectivity index (χ0v) is 25.2. The van der Waals surface area contributed by atoms with Crippen LogP contribution >= 0.6 is 0 Å². The van der Waals surface area contributed by atoms with Crippen molar-refractivity contribution in [3.8, 4) is 22.5 Å². The van der Waals surface area contributed by atoms with Crippen molar-refractivity contribution in [2.24, 2.45) is 0 Å². The molecular weight excluding hydrogens is 517 g/mol. The highest BCUT2D eigenvalue weighted by molar-refractivity contribution is 6.06. The van der Waals surface area contributed by atoms with Crippen molar-refractivity contribution in [2.45, 2.75) is 51.5 Å². The van der Waals surface area contributed by atoms with Gasteiger partial charge in [0.25, 0.3) is 0 Å². The molecule has 4 heteroatoms. The third-order valence-electron chi connectivity index (χ3n) is 10.4. The summed E-state index contributed by atoms with van der Waals surface area (Å²) in [6.07, 6.45) is 6.28. The SMILES string of the molecule is CCC1(CC)c2c([n+]3ccccc3c3cc(N(C)C)ccc23)-c2ccc(F)c3c2-c2c4c(cccc4cc[n+]21)C3(C)C. The lowest BCUT2D eigenvalue weighted by molar-refractivity contribution is -0.744. The van der Waals surface area contributed by atoms with Gasteiger partial charge >= 0.3 is 0 Å². The van der Waals surface area contributed by atoms with Crippen LogP contribution in [-0.2, 0) is 11.0 Å². The van der Waals surface area contributed by atoms with Crippen LogP contribution in [0.5, 0.6) is 0 Å². The number of hydrogen-bond acceptors (Lipinski definition) is 1. The number of rotatable bonds is 3. The first-order valence-corrected chi connectivity index (χ1v) is 15.1. The zero-order valence-electron chi connectivity index (χ0n) is 25.2. The minimum Gasteiger partial charge on any atom is -0.378 e. The maximum Gasteiger partial charge on any atom is 0.230 e. The molecule has 3 aromatic heterocycles. The lowest BCUT2D eigenvalue weighted by Crippen LogP contribution is -2.58. The van der Waals surface area contributed by atoms with Crippen LogP contribution in [0.3, 0.4) is 0 Å². The number of fused-ring (bicyclic) bond motifs is 7. The summed E-state index contributed by atoms with van der Waals surface area (Å²) in [5, 5.41) is 4.95. The molecule has 0 atom stereocenters. The Bertz CT molecular complexity index is 2140. The van der Waals surface area contributed by atoms with Crippen LogP contribution in [0.4, 0.5) is 10.1 Å². The van der Waals surface area contributed by atoms with Gasteiger partial charge in [-0.1, -0.05) is 52.0 Å². The van der Waals surface area contributed by atoms with Crippen LogP contribution in [0.1, 0.15) is 57.2 Å². The van der Waals surface area contributed by atoms with E-state index in [0.29, 0.717) is 0 Å². The molecule has 1 aliphatic carbocycles. The second kappa shape index (κ2) is 8.38. The molecule has 0 saturated heterocycles. The first-order valence-electron chi connectivity index (χ1n) is 15.1. The molecule has 42 heavy (non-hydrogen) atoms. The van der Waals surface area contributed by atoms with Gasteiger partial charge in [-0.05, 0) is 41.3 Å². The molecule has 0 bridgehead atoms. The summed E-state index contributed by atoms with van der Waals surface area (Å²) >= 11 is 0. The lowest BCUT2D eigenvalue weighted by atomic mass is 9.68. The Labute approximate surface area is 246 Å². The van der Waals surface area contributed by atoms with Crippen LogP contribution in [0.25, 0.3) is 49.6 Å². The van der Waals surface area contributed by atoms with Crippen molar-refractivity contribution >= 4 is 32.7 Å². The number of benzene rings is 3. The van der Waals surface area contributed by atoms with Gasteiger partial charge in [0.15, 0.2) is 17.9 Å². The Morgan fingerprint density at radius 3 is 2.36 bits per heavy atom. The number of pyridine rings is 3. The summed E-state index contributed by atoms with van der Waals surface area (Å²) in [5.41, 5.74) is 9.25. The first kappa shape index (κ1) is 25.4. The molecule has 3 aromatic carbocycles. The van der Waals surface area contributed by atoms with Crippen LogP contribution in [-0.4, -0.2) is 14.1 Å². The van der Waals surface area contributed by atoms with Gasteiger partial charge in [-0.15, -0.1) is 0 Å². The number of nitrogens with zero attached hydrogens (tertiary/aromatic N) is 3. The second-order valence-corrected chi connectivity index (χ2v) is 12.8. The van der Waals surface area contributed by atoms with Crippen LogP contribution < -0.4 is 13.9 Å². The third kappa shape index (κ3) is 2.90. The van der Waals surface area contributed by atoms with Crippen LogP contribution in [0.2, 0.25) is 0 Å². The van der Waals surface area contributed by atoms with Gasteiger partial charge < -0.3 is 4.90 Å². The number of halogens is 1. The fraction of sp³-hybridized carbons (Fsp3) is 0.263. The van der Waals surface area contributed by atoms with Gasteiger partial charge in [0.2, 0.25) is 16.9 Å². The molecular formula is C38H36FN3+2. The van der Waals surface area contributed by atoms with Gasteiger partial charge in [-0.25, -0.2) is 4.39 Å². The van der Waals surface area contributed by atoms with Crippen molar-refractivity contribution in [3.63, 3.8) is 0 Å². The predicted molar refractivity (Wildman–Crippen MR) is 170 cm³/mol. The summed E-state index contributed by atoms with van der Waals surface area (Å²) in [5.74, 6) is -0.135. The van der Waals surface area contributed by atoms with Crippen LogP contribution in [0, 0.1) is 5.82 Å². The van der Waals surface area contributed by atoms with Crippen molar-refractivity contribution < 1.29 is 13.4 Å². The Kier molecular flexibility index (Phi) is 5.07. The number of aromatic nitrogens is 2. The van der Waals surface area contributed by atoms with E-state index < -0.39 is 5.41 Å². The molecule has 0 radical (unpaired) electrons. The number of hydrogen-bond donors (Lipinski definition) is 0. The van der Waals surface area contributed by atoms with Crippen molar-refractivity contribution in [3.05, 3.63) is 108 Å². The first-order chi connectivity index (χ1) is 20.2. The third-order valence-corrected chi connectivity index (χ3v) is 10.4. The highest BCUT2D eigenvalue weighted by Gasteiger charge is 2.53. The summed E-state index contributed by atoms with van der Waals surface area (Å²) in [6, 6.07) is 25.9. The fourth-order valence-corrected chi connectivity index (χ4v) is 8.36. The van der Waals surface area contributed by atoms with E-state index >= 15 is 4.39 Å². The van der Waals surface area contributed by atoms with Gasteiger partial charge in [-0.3, -0.25) is 0 Å². The maximum atomic E-state index is 16.3. The Hall–Kier alpha value is -4.31. The molecule has 0 unspecified atom stereocenters. The quantitative estimate of drug-likeness (QED) is 0.159. The molecule has 0 amide bonds. The Morgan fingerprint density at radius 1 is 0.786 bits per heavy atom. The average Bonchev–Trinajstić information content (AvgIpc) is 3.11. The average molecular weight is 554 g/mol. The molecule has 1 aliphatic heterocycles. The largest absolute Gasteiger partial charge is 0.378 e. The van der Waals surface area contributed by atoms with Gasteiger partial charge in [-0.2, -0.15) is 8.97 Å². The molecule has 6 aromatic rings. The maximum absolute atomic E-state index is 16.3. The molecule has 8 rings (SSSR count). The van der Waals surface area contributed by atoms with Crippen molar-refractivity contribution in [1.29, 1.82) is 0 Å². The summed E-state index contributed by atoms with van der Waals surface area (Å²) in [7, 11) is 4.20. The normalized spacial score (nSPS) is 15.6. The molecule has 0 spiro atoms. The molecule has 0 saturated carbocycles. The van der Waals surface area contributed by atoms with Gasteiger partial charge in [0.1, 0.15) is 11.4 Å². The predicted octanol–water partition coefficient (Wildman–Crippen LogP) is 8.07. The second-order valence-electron chi connectivity index (χ2n) is 12.8. The minimum absolute atomic E-state index is 0.135. The summed E-state index contributed by atoms with van der Waals surface area (Å²) < 4.78 is 21.2. The highest BCUT2D eigenvalue weighted by atomic mass is 19.1. The lowest BCUT2D eigenvalue weighted by Gasteiger charge is -2.35. The number of anilines is 1. The zero-order chi connectivity index (χ0) is 29.1. The fourth-order valence-electron chi connectivity index (χ4n) is 8.36. The minimum atomic E-state index is -0.495. The van der Waals surface area contributed by atoms with Crippen molar-refractivity contribution in [1.82, 2.24) is 0 Å². The van der Waals surface area contributed by atoms with E-state index in [1.54, 1.807) is 6.07 Å². The Balaban J connectivity index is 1.72. The van der Waals surface area contributed by atoms with E-state index in [0.717, 1.165) is 40.7 Å². The van der Waals surface area contributed by atoms with E-state index in [9.17, 15) is 0 Å². The van der Waals surface area contributed by atoms with Crippen LogP contribution in [0.15, 0.2) is 85.2 Å². The molecule has 4 heterocycles. The standard InChI is InChI=1S/C38H36FN3/c1-7-38(8-2)33-25-16-15-24(40(5)6)22-27(25)30-14-9-10-20-41(30)35(33)26-17-18-29(39)34-32(26)36-31-23(19-21-42(36)38)12-11-13-28(31)37(34,3)4/h9-22H,7-8H2,1-6H3/q+2. The molecule has 3 nitrogen and oxygen atoms in total. The van der Waals surface area contributed by atoms with E-state index in [2.05, 4.69) is 129 Å². The van der Waals surface area contributed by atoms with E-state index in [-0.39, 0.29) is 11.4 Å².